The van der Waals surface area contributed by atoms with Crippen molar-refractivity contribution >= 4 is 63.7 Å². The van der Waals surface area contributed by atoms with Gasteiger partial charge in [0, 0.05) is 5.02 Å². The summed E-state index contributed by atoms with van der Waals surface area (Å²) >= 11 is 23.8. The van der Waals surface area contributed by atoms with Crippen LogP contribution in [0.5, 0.6) is 5.75 Å². The smallest absolute Gasteiger partial charge is 0.265 e. The van der Waals surface area contributed by atoms with Gasteiger partial charge in [0.15, 0.2) is 6.10 Å². The van der Waals surface area contributed by atoms with E-state index in [-0.39, 0.29) is 5.02 Å². The molecule has 0 aliphatic rings. The number of hydrogen-bond acceptors (Lipinski definition) is 3. The molecule has 8 heteroatoms. The molecule has 2 aromatic rings. The summed E-state index contributed by atoms with van der Waals surface area (Å²) in [7, 11) is 0. The molecular weight excluding hydrogens is 382 g/mol. The van der Waals surface area contributed by atoms with Crippen LogP contribution in [-0.2, 0) is 4.79 Å². The third-order valence-electron chi connectivity index (χ3n) is 2.91. The average Bonchev–Trinajstić information content (AvgIpc) is 2.47. The molecule has 122 valence electrons. The lowest BCUT2D eigenvalue weighted by Gasteiger charge is -2.16. The van der Waals surface area contributed by atoms with Crippen LogP contribution in [0.2, 0.25) is 20.1 Å². The van der Waals surface area contributed by atoms with Gasteiger partial charge in [0.25, 0.3) is 5.91 Å². The van der Waals surface area contributed by atoms with Crippen molar-refractivity contribution in [2.45, 2.75) is 13.0 Å². The van der Waals surface area contributed by atoms with Gasteiger partial charge in [-0.15, -0.1) is 0 Å². The normalized spacial score (nSPS) is 11.9. The lowest BCUT2D eigenvalue weighted by atomic mass is 10.2. The van der Waals surface area contributed by atoms with Crippen LogP contribution in [-0.4, -0.2) is 12.0 Å². The number of nitrogens with one attached hydrogen (secondary N) is 1. The predicted molar refractivity (Wildman–Crippen MR) is 96.1 cm³/mol. The van der Waals surface area contributed by atoms with Gasteiger partial charge in [0.05, 0.1) is 26.4 Å². The van der Waals surface area contributed by atoms with E-state index >= 15 is 0 Å². The molecule has 1 amide bonds. The topological polar surface area (TPSA) is 64.3 Å². The van der Waals surface area contributed by atoms with Gasteiger partial charge < -0.3 is 15.8 Å². The highest BCUT2D eigenvalue weighted by molar-refractivity contribution is 6.37. The Morgan fingerprint density at radius 2 is 1.78 bits per heavy atom. The highest BCUT2D eigenvalue weighted by atomic mass is 35.5. The minimum atomic E-state index is -0.818. The van der Waals surface area contributed by atoms with Crippen LogP contribution in [0.25, 0.3) is 0 Å². The maximum atomic E-state index is 12.2. The lowest BCUT2D eigenvalue weighted by Crippen LogP contribution is -2.30. The number of anilines is 2. The third kappa shape index (κ3) is 4.58. The van der Waals surface area contributed by atoms with Crippen molar-refractivity contribution in [3.63, 3.8) is 0 Å². The second-order valence-electron chi connectivity index (χ2n) is 4.68. The van der Waals surface area contributed by atoms with E-state index in [9.17, 15) is 4.79 Å². The summed E-state index contributed by atoms with van der Waals surface area (Å²) in [6.45, 7) is 1.58. The van der Waals surface area contributed by atoms with Crippen LogP contribution in [0, 0.1) is 0 Å². The van der Waals surface area contributed by atoms with Crippen LogP contribution in [0.3, 0.4) is 0 Å². The quantitative estimate of drug-likeness (QED) is 0.693. The van der Waals surface area contributed by atoms with Gasteiger partial charge >= 0.3 is 0 Å². The second kappa shape index (κ2) is 7.49. The first-order chi connectivity index (χ1) is 10.8. The highest BCUT2D eigenvalue weighted by Gasteiger charge is 2.18. The number of halogens is 4. The zero-order valence-corrected chi connectivity index (χ0v) is 14.9. The van der Waals surface area contributed by atoms with Gasteiger partial charge in [-0.05, 0) is 37.3 Å². The van der Waals surface area contributed by atoms with Gasteiger partial charge in [0.2, 0.25) is 0 Å². The summed E-state index contributed by atoms with van der Waals surface area (Å²) in [6.07, 6.45) is -0.818. The summed E-state index contributed by atoms with van der Waals surface area (Å²) in [4.78, 5) is 12.2. The van der Waals surface area contributed by atoms with Crippen LogP contribution < -0.4 is 15.8 Å². The Morgan fingerprint density at radius 3 is 2.43 bits per heavy atom. The Morgan fingerprint density at radius 1 is 1.09 bits per heavy atom. The zero-order chi connectivity index (χ0) is 17.1. The molecule has 0 unspecified atom stereocenters. The number of carbonyl (C=O) groups is 1. The SMILES string of the molecule is C[C@H](Oc1ccc(Cl)cc1Cl)C(=O)Nc1cc(Cl)c(N)cc1Cl. The van der Waals surface area contributed by atoms with E-state index in [2.05, 4.69) is 5.32 Å². The predicted octanol–water partition coefficient (Wildman–Crippen LogP) is 5.29. The Hall–Kier alpha value is -1.33. The molecule has 0 bridgehead atoms. The molecular formula is C15H12Cl4N2O2. The van der Waals surface area contributed by atoms with E-state index in [0.717, 1.165) is 0 Å². The van der Waals surface area contributed by atoms with Gasteiger partial charge in [-0.2, -0.15) is 0 Å². The van der Waals surface area contributed by atoms with E-state index in [0.29, 0.717) is 32.2 Å². The summed E-state index contributed by atoms with van der Waals surface area (Å²) < 4.78 is 5.52. The number of ether oxygens (including phenoxy) is 1. The van der Waals surface area contributed by atoms with Crippen LogP contribution in [0.15, 0.2) is 30.3 Å². The molecule has 2 rings (SSSR count). The first-order valence-electron chi connectivity index (χ1n) is 6.45. The Bertz CT molecular complexity index is 752. The van der Waals surface area contributed by atoms with Gasteiger partial charge in [-0.3, -0.25) is 4.79 Å². The van der Waals surface area contributed by atoms with Crippen molar-refractivity contribution in [1.82, 2.24) is 0 Å². The molecule has 0 aliphatic carbocycles. The molecule has 2 aromatic carbocycles. The number of carbonyl (C=O) groups excluding carboxylic acids is 1. The largest absolute Gasteiger partial charge is 0.479 e. The van der Waals surface area contributed by atoms with Crippen LogP contribution in [0.4, 0.5) is 11.4 Å². The summed E-state index contributed by atoms with van der Waals surface area (Å²) in [5.41, 5.74) is 6.30. The van der Waals surface area contributed by atoms with E-state index in [1.807, 2.05) is 0 Å². The van der Waals surface area contributed by atoms with E-state index < -0.39 is 12.0 Å². The van der Waals surface area contributed by atoms with E-state index in [1.165, 1.54) is 18.2 Å². The van der Waals surface area contributed by atoms with E-state index in [4.69, 9.17) is 56.9 Å². The number of nitrogen functional groups attached to an aromatic ring is 1. The first kappa shape index (κ1) is 18.0. The number of benzene rings is 2. The Labute approximate surface area is 153 Å². The standard InChI is InChI=1S/C15H12Cl4N2O2/c1-7(23-14-3-2-8(16)4-11(14)19)15(22)21-13-6-9(17)12(20)5-10(13)18/h2-7H,20H2,1H3,(H,21,22)/t7-/m0/s1. The molecule has 0 aliphatic heterocycles. The molecule has 0 radical (unpaired) electrons. The zero-order valence-electron chi connectivity index (χ0n) is 11.9. The fraction of sp³-hybridized carbons (Fsp3) is 0.133. The lowest BCUT2D eigenvalue weighted by molar-refractivity contribution is -0.122. The average molecular weight is 394 g/mol. The Kier molecular flexibility index (Phi) is 5.87. The van der Waals surface area contributed by atoms with Crippen molar-refractivity contribution in [3.05, 3.63) is 50.4 Å². The van der Waals surface area contributed by atoms with Crippen molar-refractivity contribution < 1.29 is 9.53 Å². The van der Waals surface area contributed by atoms with Gasteiger partial charge in [-0.1, -0.05) is 46.4 Å². The number of nitrogens with two attached hydrogens (primary N) is 1. The fourth-order valence-electron chi connectivity index (χ4n) is 1.71. The molecule has 0 spiro atoms. The van der Waals surface area contributed by atoms with Gasteiger partial charge in [0.1, 0.15) is 5.75 Å². The molecule has 0 saturated heterocycles. The molecule has 23 heavy (non-hydrogen) atoms. The number of rotatable bonds is 4. The van der Waals surface area contributed by atoms with Crippen LogP contribution >= 0.6 is 46.4 Å². The molecule has 0 fully saturated rings. The molecule has 0 saturated carbocycles. The first-order valence-corrected chi connectivity index (χ1v) is 7.96. The van der Waals surface area contributed by atoms with Crippen molar-refractivity contribution in [3.8, 4) is 5.75 Å². The van der Waals surface area contributed by atoms with Crippen molar-refractivity contribution in [1.29, 1.82) is 0 Å². The molecule has 0 aromatic heterocycles. The monoisotopic (exact) mass is 392 g/mol. The Balaban J connectivity index is 2.10. The van der Waals surface area contributed by atoms with Crippen molar-refractivity contribution in [2.24, 2.45) is 0 Å². The maximum absolute atomic E-state index is 12.2. The highest BCUT2D eigenvalue weighted by Crippen LogP contribution is 2.31. The number of hydrogen-bond donors (Lipinski definition) is 2. The molecule has 1 atom stereocenters. The van der Waals surface area contributed by atoms with Crippen LogP contribution in [0.1, 0.15) is 6.92 Å². The summed E-state index contributed by atoms with van der Waals surface area (Å²) in [6, 6.07) is 7.66. The summed E-state index contributed by atoms with van der Waals surface area (Å²) in [5, 5.41) is 3.98. The summed E-state index contributed by atoms with van der Waals surface area (Å²) in [5.74, 6) is -0.0705. The fourth-order valence-corrected chi connectivity index (χ4v) is 2.54. The van der Waals surface area contributed by atoms with Crippen molar-refractivity contribution in [2.75, 3.05) is 11.1 Å². The maximum Gasteiger partial charge on any atom is 0.265 e. The molecule has 0 heterocycles. The third-order valence-corrected chi connectivity index (χ3v) is 4.08. The minimum Gasteiger partial charge on any atom is -0.479 e. The number of amides is 1. The van der Waals surface area contributed by atoms with Gasteiger partial charge in [-0.25, -0.2) is 0 Å². The molecule has 4 nitrogen and oxygen atoms in total. The second-order valence-corrected chi connectivity index (χ2v) is 6.34. The molecule has 3 N–H and O–H groups in total. The minimum absolute atomic E-state index is 0.275. The van der Waals surface area contributed by atoms with E-state index in [1.54, 1.807) is 19.1 Å².